The second-order valence-corrected chi connectivity index (χ2v) is 4.57. The van der Waals surface area contributed by atoms with Crippen LogP contribution in [0.25, 0.3) is 0 Å². The van der Waals surface area contributed by atoms with Gasteiger partial charge in [-0.1, -0.05) is 24.4 Å². The van der Waals surface area contributed by atoms with Crippen molar-refractivity contribution in [3.8, 4) is 0 Å². The van der Waals surface area contributed by atoms with Crippen molar-refractivity contribution < 1.29 is 4.79 Å². The number of hydrogen-bond acceptors (Lipinski definition) is 4. The number of aromatic nitrogens is 1. The molecule has 2 aromatic rings. The summed E-state index contributed by atoms with van der Waals surface area (Å²) < 4.78 is 0. The maximum atomic E-state index is 11.8. The first-order valence-electron chi connectivity index (χ1n) is 4.77. The van der Waals surface area contributed by atoms with Crippen LogP contribution in [0.1, 0.15) is 15.9 Å². The van der Waals surface area contributed by atoms with Gasteiger partial charge in [-0.25, -0.2) is 4.98 Å². The molecule has 1 aromatic heterocycles. The van der Waals surface area contributed by atoms with Crippen LogP contribution < -0.4 is 11.1 Å². The van der Waals surface area contributed by atoms with E-state index in [4.69, 9.17) is 18.0 Å². The first-order valence-corrected chi connectivity index (χ1v) is 6.06. The molecule has 0 saturated heterocycles. The molecule has 2 rings (SSSR count). The van der Waals surface area contributed by atoms with Gasteiger partial charge < -0.3 is 5.73 Å². The Hall–Kier alpha value is -1.79. The van der Waals surface area contributed by atoms with Crippen LogP contribution in [0.4, 0.5) is 5.13 Å². The quantitative estimate of drug-likeness (QED) is 0.831. The fourth-order valence-corrected chi connectivity index (χ4v) is 1.90. The normalized spacial score (nSPS) is 9.88. The second kappa shape index (κ2) is 5.03. The molecule has 6 heteroatoms. The van der Waals surface area contributed by atoms with Crippen LogP contribution in [0.5, 0.6) is 0 Å². The smallest absolute Gasteiger partial charge is 0.257 e. The van der Waals surface area contributed by atoms with Crippen molar-refractivity contribution in [2.24, 2.45) is 5.73 Å². The van der Waals surface area contributed by atoms with Gasteiger partial charge >= 0.3 is 0 Å². The van der Waals surface area contributed by atoms with E-state index in [2.05, 4.69) is 10.3 Å². The van der Waals surface area contributed by atoms with Gasteiger partial charge in [0.15, 0.2) is 5.13 Å². The molecular weight excluding hydrogens is 254 g/mol. The Morgan fingerprint density at radius 1 is 1.29 bits per heavy atom. The van der Waals surface area contributed by atoms with Crippen LogP contribution in [0.15, 0.2) is 35.8 Å². The van der Waals surface area contributed by atoms with Gasteiger partial charge in [-0.2, -0.15) is 0 Å². The number of rotatable bonds is 3. The Bertz CT molecular complexity index is 534. The highest BCUT2D eigenvalue weighted by Gasteiger charge is 2.07. The van der Waals surface area contributed by atoms with E-state index in [-0.39, 0.29) is 5.91 Å². The molecule has 0 aliphatic rings. The summed E-state index contributed by atoms with van der Waals surface area (Å²) in [4.78, 5) is 16.1. The van der Waals surface area contributed by atoms with Crippen LogP contribution in [0.3, 0.4) is 0 Å². The number of thiazole rings is 1. The fraction of sp³-hybridized carbons (Fsp3) is 0. The van der Waals surface area contributed by atoms with Gasteiger partial charge in [0.05, 0.1) is 0 Å². The van der Waals surface area contributed by atoms with E-state index in [0.29, 0.717) is 15.7 Å². The average Bonchev–Trinajstić information content (AvgIpc) is 2.82. The first-order chi connectivity index (χ1) is 8.16. The van der Waals surface area contributed by atoms with Crippen molar-refractivity contribution in [2.45, 2.75) is 0 Å². The van der Waals surface area contributed by atoms with E-state index in [1.165, 1.54) is 11.3 Å². The molecule has 86 valence electrons. The van der Waals surface area contributed by atoms with Crippen LogP contribution in [-0.4, -0.2) is 15.9 Å². The summed E-state index contributed by atoms with van der Waals surface area (Å²) >= 11 is 6.20. The molecule has 0 saturated carbocycles. The summed E-state index contributed by atoms with van der Waals surface area (Å²) in [6.45, 7) is 0. The van der Waals surface area contributed by atoms with E-state index in [0.717, 1.165) is 5.56 Å². The molecular formula is C11H9N3OS2. The van der Waals surface area contributed by atoms with Crippen molar-refractivity contribution in [3.63, 3.8) is 0 Å². The van der Waals surface area contributed by atoms with Crippen LogP contribution in [-0.2, 0) is 0 Å². The standard InChI is InChI=1S/C11H9N3OS2/c12-9(16)7-1-3-8(4-2-7)10(15)14-11-13-5-6-17-11/h1-6H,(H2,12,16)(H,13,14,15). The van der Waals surface area contributed by atoms with Crippen LogP contribution in [0, 0.1) is 0 Å². The van der Waals surface area contributed by atoms with Crippen LogP contribution >= 0.6 is 23.6 Å². The van der Waals surface area contributed by atoms with E-state index in [9.17, 15) is 4.79 Å². The Labute approximate surface area is 107 Å². The minimum absolute atomic E-state index is 0.200. The van der Waals surface area contributed by atoms with E-state index < -0.39 is 0 Å². The highest BCUT2D eigenvalue weighted by atomic mass is 32.1. The summed E-state index contributed by atoms with van der Waals surface area (Å²) in [6, 6.07) is 6.80. The number of nitrogens with zero attached hydrogens (tertiary/aromatic N) is 1. The lowest BCUT2D eigenvalue weighted by molar-refractivity contribution is 0.102. The summed E-state index contributed by atoms with van der Waals surface area (Å²) in [5.74, 6) is -0.200. The van der Waals surface area contributed by atoms with E-state index in [1.807, 2.05) is 0 Å². The molecule has 1 heterocycles. The second-order valence-electron chi connectivity index (χ2n) is 3.23. The van der Waals surface area contributed by atoms with Gasteiger partial charge in [0.1, 0.15) is 4.99 Å². The molecule has 1 amide bonds. The number of carbonyl (C=O) groups excluding carboxylic acids is 1. The number of carbonyl (C=O) groups is 1. The van der Waals surface area contributed by atoms with E-state index in [1.54, 1.807) is 35.8 Å². The maximum absolute atomic E-state index is 11.8. The zero-order valence-electron chi connectivity index (χ0n) is 8.71. The van der Waals surface area contributed by atoms with Gasteiger partial charge in [-0.05, 0) is 12.1 Å². The highest BCUT2D eigenvalue weighted by molar-refractivity contribution is 7.80. The van der Waals surface area contributed by atoms with Gasteiger partial charge in [0.2, 0.25) is 0 Å². The molecule has 0 radical (unpaired) electrons. The zero-order chi connectivity index (χ0) is 12.3. The SMILES string of the molecule is NC(=S)c1ccc(C(=O)Nc2nccs2)cc1. The van der Waals surface area contributed by atoms with Crippen molar-refractivity contribution in [2.75, 3.05) is 5.32 Å². The molecule has 0 fully saturated rings. The molecule has 0 aliphatic carbocycles. The number of thiocarbonyl (C=S) groups is 1. The number of benzene rings is 1. The van der Waals surface area contributed by atoms with Crippen molar-refractivity contribution in [3.05, 3.63) is 47.0 Å². The van der Waals surface area contributed by atoms with E-state index >= 15 is 0 Å². The van der Waals surface area contributed by atoms with Gasteiger partial charge in [0.25, 0.3) is 5.91 Å². The third kappa shape index (κ3) is 2.86. The molecule has 3 N–H and O–H groups in total. The predicted octanol–water partition coefficient (Wildman–Crippen LogP) is 2.03. The highest BCUT2D eigenvalue weighted by Crippen LogP contribution is 2.12. The Kier molecular flexibility index (Phi) is 3.46. The van der Waals surface area contributed by atoms with Crippen LogP contribution in [0.2, 0.25) is 0 Å². The average molecular weight is 263 g/mol. The Morgan fingerprint density at radius 2 is 1.94 bits per heavy atom. The summed E-state index contributed by atoms with van der Waals surface area (Å²) in [6.07, 6.45) is 1.64. The minimum atomic E-state index is -0.200. The molecule has 0 aliphatic heterocycles. The summed E-state index contributed by atoms with van der Waals surface area (Å²) in [5.41, 5.74) is 6.76. The number of anilines is 1. The van der Waals surface area contributed by atoms with Crippen molar-refractivity contribution >= 4 is 39.6 Å². The molecule has 0 bridgehead atoms. The molecule has 1 aromatic carbocycles. The van der Waals surface area contributed by atoms with Gasteiger partial charge in [0, 0.05) is 22.7 Å². The Morgan fingerprint density at radius 3 is 2.47 bits per heavy atom. The monoisotopic (exact) mass is 263 g/mol. The third-order valence-corrected chi connectivity index (χ3v) is 3.01. The van der Waals surface area contributed by atoms with Gasteiger partial charge in [-0.15, -0.1) is 11.3 Å². The zero-order valence-corrected chi connectivity index (χ0v) is 10.3. The topological polar surface area (TPSA) is 68.0 Å². The van der Waals surface area contributed by atoms with Gasteiger partial charge in [-0.3, -0.25) is 10.1 Å². The Balaban J connectivity index is 2.12. The fourth-order valence-electron chi connectivity index (χ4n) is 1.24. The molecule has 4 nitrogen and oxygen atoms in total. The molecule has 0 unspecified atom stereocenters. The number of amides is 1. The first kappa shape index (κ1) is 11.7. The predicted molar refractivity (Wildman–Crippen MR) is 72.4 cm³/mol. The minimum Gasteiger partial charge on any atom is -0.389 e. The summed E-state index contributed by atoms with van der Waals surface area (Å²) in [7, 11) is 0. The lowest BCUT2D eigenvalue weighted by Gasteiger charge is -2.02. The molecule has 0 spiro atoms. The lowest BCUT2D eigenvalue weighted by Crippen LogP contribution is -2.13. The lowest BCUT2D eigenvalue weighted by atomic mass is 10.1. The number of hydrogen-bond donors (Lipinski definition) is 2. The maximum Gasteiger partial charge on any atom is 0.257 e. The number of nitrogens with one attached hydrogen (secondary N) is 1. The number of nitrogens with two attached hydrogens (primary N) is 1. The third-order valence-electron chi connectivity index (χ3n) is 2.08. The molecule has 17 heavy (non-hydrogen) atoms. The van der Waals surface area contributed by atoms with Crippen molar-refractivity contribution in [1.29, 1.82) is 0 Å². The van der Waals surface area contributed by atoms with Crippen molar-refractivity contribution in [1.82, 2.24) is 4.98 Å². The molecule has 0 atom stereocenters. The summed E-state index contributed by atoms with van der Waals surface area (Å²) in [5, 5.41) is 5.07. The largest absolute Gasteiger partial charge is 0.389 e.